The first-order chi connectivity index (χ1) is 12.7. The van der Waals surface area contributed by atoms with Gasteiger partial charge in [-0.05, 0) is 55.8 Å². The Labute approximate surface area is 180 Å². The number of benzene rings is 2. The zero-order valence-corrected chi connectivity index (χ0v) is 17.7. The van der Waals surface area contributed by atoms with Gasteiger partial charge in [-0.3, -0.25) is 9.69 Å². The maximum absolute atomic E-state index is 11.2. The Morgan fingerprint density at radius 3 is 2.43 bits per heavy atom. The lowest BCUT2D eigenvalue weighted by atomic mass is 9.96. The van der Waals surface area contributed by atoms with Crippen molar-refractivity contribution in [3.63, 3.8) is 0 Å². The zero-order chi connectivity index (χ0) is 17.9. The Balaban J connectivity index is 0.00000140. The summed E-state index contributed by atoms with van der Waals surface area (Å²) in [5.74, 6) is 0.664. The van der Waals surface area contributed by atoms with Crippen LogP contribution in [0.2, 0.25) is 0 Å². The van der Waals surface area contributed by atoms with Gasteiger partial charge in [-0.1, -0.05) is 35.6 Å². The summed E-state index contributed by atoms with van der Waals surface area (Å²) >= 11 is 1.55. The molecule has 5 nitrogen and oxygen atoms in total. The van der Waals surface area contributed by atoms with Gasteiger partial charge in [-0.15, -0.1) is 24.8 Å². The van der Waals surface area contributed by atoms with Gasteiger partial charge >= 0.3 is 0 Å². The van der Waals surface area contributed by atoms with E-state index in [4.69, 9.17) is 10.5 Å². The number of hydrogen-bond donors (Lipinski definition) is 1. The summed E-state index contributed by atoms with van der Waals surface area (Å²) < 4.78 is 7.01. The predicted molar refractivity (Wildman–Crippen MR) is 118 cm³/mol. The number of thiazole rings is 1. The zero-order valence-electron chi connectivity index (χ0n) is 15.2. The topological polar surface area (TPSA) is 68.5 Å². The first kappa shape index (κ1) is 22.4. The highest BCUT2D eigenvalue weighted by Crippen LogP contribution is 2.31. The number of fused-ring (bicyclic) bond motifs is 1. The first-order valence-electron chi connectivity index (χ1n) is 8.81. The molecule has 1 aliphatic rings. The Morgan fingerprint density at radius 2 is 1.79 bits per heavy atom. The van der Waals surface area contributed by atoms with Gasteiger partial charge in [-0.25, -0.2) is 4.98 Å². The van der Waals surface area contributed by atoms with Crippen molar-refractivity contribution in [2.75, 3.05) is 13.1 Å². The van der Waals surface area contributed by atoms with Gasteiger partial charge in [0, 0.05) is 12.5 Å². The van der Waals surface area contributed by atoms with Crippen molar-refractivity contribution in [1.82, 2.24) is 9.88 Å². The molecule has 1 amide bonds. The lowest BCUT2D eigenvalue weighted by Crippen LogP contribution is -2.38. The Kier molecular flexibility index (Phi) is 8.07. The summed E-state index contributed by atoms with van der Waals surface area (Å²) in [6.45, 7) is 2.71. The molecule has 1 aromatic heterocycles. The molecular weight excluding hydrogens is 417 g/mol. The molecule has 0 spiro atoms. The largest absolute Gasteiger partial charge is 0.431 e. The summed E-state index contributed by atoms with van der Waals surface area (Å²) in [5.41, 5.74) is 7.59. The van der Waals surface area contributed by atoms with Crippen LogP contribution in [0.3, 0.4) is 0 Å². The van der Waals surface area contributed by atoms with Crippen molar-refractivity contribution in [3.8, 4) is 10.9 Å². The number of piperidine rings is 1. The molecule has 2 N–H and O–H groups in total. The van der Waals surface area contributed by atoms with Crippen LogP contribution in [0.4, 0.5) is 0 Å². The van der Waals surface area contributed by atoms with E-state index in [0.29, 0.717) is 5.19 Å². The van der Waals surface area contributed by atoms with Gasteiger partial charge in [0.05, 0.1) is 10.2 Å². The number of carbonyl (C=O) groups excluding carboxylic acids is 1. The molecule has 3 aromatic rings. The highest BCUT2D eigenvalue weighted by Gasteiger charge is 2.22. The molecule has 2 aromatic carbocycles. The molecule has 150 valence electrons. The number of ether oxygens (including phenoxy) is 1. The number of nitrogens with zero attached hydrogens (tertiary/aromatic N) is 2. The summed E-state index contributed by atoms with van der Waals surface area (Å²) in [4.78, 5) is 18.1. The van der Waals surface area contributed by atoms with Crippen molar-refractivity contribution < 1.29 is 9.53 Å². The van der Waals surface area contributed by atoms with Gasteiger partial charge in [0.25, 0.3) is 5.19 Å². The van der Waals surface area contributed by atoms with Gasteiger partial charge in [0.15, 0.2) is 0 Å². The number of likely N-dealkylation sites (tertiary alicyclic amines) is 1. The van der Waals surface area contributed by atoms with Crippen LogP contribution in [-0.2, 0) is 11.3 Å². The molecule has 0 radical (unpaired) electrons. The number of rotatable bonds is 5. The quantitative estimate of drug-likeness (QED) is 0.628. The van der Waals surface area contributed by atoms with Crippen molar-refractivity contribution in [3.05, 3.63) is 54.1 Å². The first-order valence-corrected chi connectivity index (χ1v) is 9.63. The predicted octanol–water partition coefficient (Wildman–Crippen LogP) is 4.63. The molecule has 0 atom stereocenters. The fourth-order valence-corrected chi connectivity index (χ4v) is 4.13. The maximum atomic E-state index is 11.2. The standard InChI is InChI=1S/C20H21N3O2S.2ClH/c21-19(24)15-9-11-23(12-10-15)13-14-5-7-16(8-6-14)25-20-22-17-3-1-2-4-18(17)26-20;;/h1-8,15H,9-13H2,(H2,21,24);2*1H. The third kappa shape index (κ3) is 5.35. The molecule has 0 saturated carbocycles. The van der Waals surface area contributed by atoms with Crippen molar-refractivity contribution in [1.29, 1.82) is 0 Å². The third-order valence-electron chi connectivity index (χ3n) is 4.80. The smallest absolute Gasteiger partial charge is 0.279 e. The molecule has 0 unspecified atom stereocenters. The van der Waals surface area contributed by atoms with E-state index in [9.17, 15) is 4.79 Å². The molecule has 1 fully saturated rings. The normalized spacial score (nSPS) is 14.9. The van der Waals surface area contributed by atoms with Crippen LogP contribution < -0.4 is 10.5 Å². The van der Waals surface area contributed by atoms with E-state index in [1.807, 2.05) is 36.4 Å². The number of carbonyl (C=O) groups is 1. The molecule has 8 heteroatoms. The second-order valence-corrected chi connectivity index (χ2v) is 7.64. The van der Waals surface area contributed by atoms with Crippen LogP contribution >= 0.6 is 36.2 Å². The number of para-hydroxylation sites is 1. The molecule has 0 aliphatic carbocycles. The van der Waals surface area contributed by atoms with Crippen LogP contribution in [0.25, 0.3) is 10.2 Å². The highest BCUT2D eigenvalue weighted by molar-refractivity contribution is 7.20. The van der Waals surface area contributed by atoms with Crippen molar-refractivity contribution >= 4 is 52.3 Å². The summed E-state index contributed by atoms with van der Waals surface area (Å²) in [6.07, 6.45) is 1.71. The van der Waals surface area contributed by atoms with Crippen LogP contribution in [0.5, 0.6) is 10.9 Å². The van der Waals surface area contributed by atoms with Crippen LogP contribution in [0, 0.1) is 5.92 Å². The van der Waals surface area contributed by atoms with E-state index in [1.54, 1.807) is 11.3 Å². The van der Waals surface area contributed by atoms with Crippen molar-refractivity contribution in [2.24, 2.45) is 11.7 Å². The molecule has 0 bridgehead atoms. The van der Waals surface area contributed by atoms with E-state index >= 15 is 0 Å². The lowest BCUT2D eigenvalue weighted by molar-refractivity contribution is -0.123. The number of halogens is 2. The number of aromatic nitrogens is 1. The Morgan fingerprint density at radius 1 is 1.11 bits per heavy atom. The van der Waals surface area contributed by atoms with E-state index in [2.05, 4.69) is 22.0 Å². The molecule has 1 aliphatic heterocycles. The minimum absolute atomic E-state index is 0. The van der Waals surface area contributed by atoms with E-state index in [0.717, 1.165) is 48.4 Å². The van der Waals surface area contributed by atoms with E-state index in [1.165, 1.54) is 5.56 Å². The number of hydrogen-bond acceptors (Lipinski definition) is 5. The molecular formula is C20H23Cl2N3O2S. The fraction of sp³-hybridized carbons (Fsp3) is 0.300. The summed E-state index contributed by atoms with van der Waals surface area (Å²) in [6, 6.07) is 16.2. The Hall–Kier alpha value is -1.86. The average Bonchev–Trinajstić information content (AvgIpc) is 3.06. The van der Waals surface area contributed by atoms with E-state index < -0.39 is 0 Å². The maximum Gasteiger partial charge on any atom is 0.279 e. The monoisotopic (exact) mass is 439 g/mol. The minimum atomic E-state index is -0.166. The average molecular weight is 440 g/mol. The van der Waals surface area contributed by atoms with Crippen molar-refractivity contribution in [2.45, 2.75) is 19.4 Å². The van der Waals surface area contributed by atoms with Crippen LogP contribution in [0.15, 0.2) is 48.5 Å². The lowest BCUT2D eigenvalue weighted by Gasteiger charge is -2.30. The van der Waals surface area contributed by atoms with Gasteiger partial charge in [0.2, 0.25) is 5.91 Å². The SMILES string of the molecule is Cl.Cl.NC(=O)C1CCN(Cc2ccc(Oc3nc4ccccc4s3)cc2)CC1. The van der Waals surface area contributed by atoms with Crippen LogP contribution in [-0.4, -0.2) is 28.9 Å². The minimum Gasteiger partial charge on any atom is -0.431 e. The van der Waals surface area contributed by atoms with Gasteiger partial charge in [0.1, 0.15) is 5.75 Å². The molecule has 4 rings (SSSR count). The summed E-state index contributed by atoms with van der Waals surface area (Å²) in [5, 5.41) is 0.660. The fourth-order valence-electron chi connectivity index (χ4n) is 3.29. The highest BCUT2D eigenvalue weighted by atomic mass is 35.5. The van der Waals surface area contributed by atoms with Gasteiger partial charge in [-0.2, -0.15) is 0 Å². The molecule has 28 heavy (non-hydrogen) atoms. The summed E-state index contributed by atoms with van der Waals surface area (Å²) in [7, 11) is 0. The Bertz CT molecular complexity index is 876. The number of amides is 1. The van der Waals surface area contributed by atoms with Crippen LogP contribution in [0.1, 0.15) is 18.4 Å². The molecule has 2 heterocycles. The number of nitrogens with two attached hydrogens (primary N) is 1. The second-order valence-electron chi connectivity index (χ2n) is 6.65. The molecule has 1 saturated heterocycles. The van der Waals surface area contributed by atoms with E-state index in [-0.39, 0.29) is 36.6 Å². The van der Waals surface area contributed by atoms with Gasteiger partial charge < -0.3 is 10.5 Å². The third-order valence-corrected chi connectivity index (χ3v) is 5.71. The second kappa shape index (κ2) is 10.1. The number of primary amides is 1.